The van der Waals surface area contributed by atoms with E-state index < -0.39 is 15.5 Å². The first-order valence-electron chi connectivity index (χ1n) is 11.1. The molecule has 4 aromatic rings. The van der Waals surface area contributed by atoms with Gasteiger partial charge in [0.1, 0.15) is 0 Å². The third-order valence-electron chi connectivity index (χ3n) is 6.05. The van der Waals surface area contributed by atoms with Crippen LogP contribution >= 0.6 is 15.5 Å². The molecule has 34 heavy (non-hydrogen) atoms. The summed E-state index contributed by atoms with van der Waals surface area (Å²) in [5.41, 5.74) is 3.62. The van der Waals surface area contributed by atoms with E-state index in [1.165, 1.54) is 0 Å². The van der Waals surface area contributed by atoms with Crippen LogP contribution in [0.15, 0.2) is 97.1 Å². The molecule has 0 saturated heterocycles. The maximum atomic E-state index is 13.8. The van der Waals surface area contributed by atoms with Gasteiger partial charge in [-0.15, -0.1) is 0 Å². The first-order chi connectivity index (χ1) is 16.6. The number of hydrogen-bond donors (Lipinski definition) is 2. The Kier molecular flexibility index (Phi) is 5.29. The van der Waals surface area contributed by atoms with Crippen molar-refractivity contribution in [1.82, 2.24) is 5.09 Å². The van der Waals surface area contributed by atoms with Crippen LogP contribution < -0.4 is 24.7 Å². The van der Waals surface area contributed by atoms with Crippen molar-refractivity contribution in [2.45, 2.75) is 0 Å². The van der Waals surface area contributed by atoms with E-state index in [4.69, 9.17) is 13.6 Å². The van der Waals surface area contributed by atoms with Crippen LogP contribution in [0.2, 0.25) is 0 Å². The summed E-state index contributed by atoms with van der Waals surface area (Å²) in [7, 11) is -7.10. The van der Waals surface area contributed by atoms with Crippen molar-refractivity contribution in [2.24, 2.45) is 0 Å². The standard InChI is InChI=1S/C26H23NO5P2/c28-33(25-15-7-3-11-21(25)19-9-1-5-13-23(19)31-33)27-17-18-30-34(29)26-16-8-4-12-22(26)20-10-2-6-14-24(20)32-34/h1-16,27-28,33H,17-18H2. The maximum absolute atomic E-state index is 13.8. The second-order valence-electron chi connectivity index (χ2n) is 8.15. The Morgan fingerprint density at radius 2 is 1.35 bits per heavy atom. The molecule has 0 amide bonds. The van der Waals surface area contributed by atoms with E-state index in [1.54, 1.807) is 12.1 Å². The molecule has 0 bridgehead atoms. The Morgan fingerprint density at radius 1 is 0.765 bits per heavy atom. The number of fused-ring (bicyclic) bond motifs is 6. The van der Waals surface area contributed by atoms with Crippen LogP contribution in [0.25, 0.3) is 22.3 Å². The van der Waals surface area contributed by atoms with Gasteiger partial charge in [0.15, 0.2) is 0 Å². The minimum atomic E-state index is -3.59. The van der Waals surface area contributed by atoms with Gasteiger partial charge in [0, 0.05) is 0 Å². The van der Waals surface area contributed by atoms with Gasteiger partial charge in [-0.2, -0.15) is 0 Å². The first kappa shape index (κ1) is 21.5. The molecule has 2 heterocycles. The number of benzene rings is 4. The van der Waals surface area contributed by atoms with Gasteiger partial charge in [-0.3, -0.25) is 0 Å². The van der Waals surface area contributed by atoms with Crippen LogP contribution in [0.3, 0.4) is 0 Å². The molecule has 0 radical (unpaired) electrons. The molecule has 0 spiro atoms. The molecule has 0 aromatic heterocycles. The summed E-state index contributed by atoms with van der Waals surface area (Å²) in [5, 5.41) is 4.45. The van der Waals surface area contributed by atoms with E-state index in [9.17, 15) is 9.46 Å². The average Bonchev–Trinajstić information content (AvgIpc) is 2.87. The topological polar surface area (TPSA) is 77.0 Å². The van der Waals surface area contributed by atoms with E-state index in [0.29, 0.717) is 16.8 Å². The number of nitrogens with one attached hydrogen (secondary N) is 1. The molecule has 8 heteroatoms. The van der Waals surface area contributed by atoms with E-state index in [1.807, 2.05) is 84.9 Å². The normalized spacial score (nSPS) is 19.9. The van der Waals surface area contributed by atoms with Crippen LogP contribution in [0.5, 0.6) is 11.5 Å². The van der Waals surface area contributed by atoms with Gasteiger partial charge in [-0.25, -0.2) is 0 Å². The quantitative estimate of drug-likeness (QED) is 0.301. The Bertz CT molecular complexity index is 1440. The predicted octanol–water partition coefficient (Wildman–Crippen LogP) is 5.04. The second-order valence-corrected chi connectivity index (χ2v) is 12.5. The van der Waals surface area contributed by atoms with Gasteiger partial charge in [-0.1, -0.05) is 0 Å². The molecule has 2 aliphatic heterocycles. The van der Waals surface area contributed by atoms with Crippen molar-refractivity contribution in [3.8, 4) is 33.8 Å². The Labute approximate surface area is 198 Å². The van der Waals surface area contributed by atoms with Crippen molar-refractivity contribution in [3.05, 3.63) is 97.1 Å². The fraction of sp³-hybridized carbons (Fsp3) is 0.0769. The van der Waals surface area contributed by atoms with Crippen molar-refractivity contribution in [2.75, 3.05) is 13.2 Å². The predicted molar refractivity (Wildman–Crippen MR) is 136 cm³/mol. The molecule has 172 valence electrons. The van der Waals surface area contributed by atoms with Crippen LogP contribution in [0, 0.1) is 0 Å². The van der Waals surface area contributed by atoms with E-state index in [-0.39, 0.29) is 13.2 Å². The van der Waals surface area contributed by atoms with Gasteiger partial charge >= 0.3 is 198 Å². The zero-order valence-electron chi connectivity index (χ0n) is 18.2. The fourth-order valence-corrected chi connectivity index (χ4v) is 8.52. The van der Waals surface area contributed by atoms with Crippen LogP contribution in [-0.4, -0.2) is 18.0 Å². The molecule has 0 saturated carbocycles. The average molecular weight is 491 g/mol. The van der Waals surface area contributed by atoms with E-state index in [0.717, 1.165) is 27.6 Å². The second kappa shape index (κ2) is 8.35. The van der Waals surface area contributed by atoms with Crippen molar-refractivity contribution in [1.29, 1.82) is 0 Å². The molecular formula is C26H23NO5P2. The van der Waals surface area contributed by atoms with Crippen LogP contribution in [0.1, 0.15) is 0 Å². The van der Waals surface area contributed by atoms with Crippen LogP contribution in [-0.2, 0) is 9.09 Å². The van der Waals surface area contributed by atoms with Gasteiger partial charge in [-0.05, 0) is 0 Å². The molecule has 1 atom stereocenters. The SMILES string of the molecule is O=P1(OCCN[PH]2(O)Oc3ccccc3-c3ccccc32)Oc2ccccc2-c2ccccc21. The molecule has 2 aliphatic rings. The fourth-order valence-electron chi connectivity index (χ4n) is 4.51. The van der Waals surface area contributed by atoms with Gasteiger partial charge < -0.3 is 0 Å². The van der Waals surface area contributed by atoms with Gasteiger partial charge in [0.05, 0.1) is 0 Å². The Morgan fingerprint density at radius 3 is 2.15 bits per heavy atom. The van der Waals surface area contributed by atoms with E-state index in [2.05, 4.69) is 5.09 Å². The molecule has 4 aromatic carbocycles. The molecule has 6 nitrogen and oxygen atoms in total. The van der Waals surface area contributed by atoms with E-state index >= 15 is 0 Å². The van der Waals surface area contributed by atoms with Crippen molar-refractivity contribution in [3.63, 3.8) is 0 Å². The summed E-state index contributed by atoms with van der Waals surface area (Å²) in [6.07, 6.45) is 0. The van der Waals surface area contributed by atoms with Crippen molar-refractivity contribution >= 4 is 26.1 Å². The van der Waals surface area contributed by atoms with Crippen molar-refractivity contribution < 1.29 is 23.0 Å². The Balaban J connectivity index is 1.22. The zero-order chi connectivity index (χ0) is 23.2. The summed E-state index contributed by atoms with van der Waals surface area (Å²) in [6, 6.07) is 30.3. The number of para-hydroxylation sites is 2. The zero-order valence-corrected chi connectivity index (χ0v) is 20.1. The molecule has 6 rings (SSSR count). The summed E-state index contributed by atoms with van der Waals surface area (Å²) < 4.78 is 31.6. The Hall–Kier alpha value is -2.98. The molecule has 1 unspecified atom stereocenters. The number of rotatable bonds is 5. The monoisotopic (exact) mass is 491 g/mol. The summed E-state index contributed by atoms with van der Waals surface area (Å²) >= 11 is 0. The summed E-state index contributed by atoms with van der Waals surface area (Å²) in [6.45, 7) is 0.298. The number of hydrogen-bond acceptors (Lipinski definition) is 6. The van der Waals surface area contributed by atoms with Crippen LogP contribution in [0.4, 0.5) is 0 Å². The molecular weight excluding hydrogens is 468 g/mol. The molecule has 2 N–H and O–H groups in total. The first-order valence-corrected chi connectivity index (χ1v) is 14.5. The molecule has 0 aliphatic carbocycles. The summed E-state index contributed by atoms with van der Waals surface area (Å²) in [4.78, 5) is 11.5. The van der Waals surface area contributed by atoms with Gasteiger partial charge in [0.2, 0.25) is 0 Å². The summed E-state index contributed by atoms with van der Waals surface area (Å²) in [5.74, 6) is 1.17. The third-order valence-corrected chi connectivity index (χ3v) is 10.4. The minimum absolute atomic E-state index is 0.0657. The molecule has 0 fully saturated rings. The third kappa shape index (κ3) is 3.56. The van der Waals surface area contributed by atoms with Gasteiger partial charge in [0.25, 0.3) is 0 Å².